The molecule has 0 spiro atoms. The van der Waals surface area contributed by atoms with Crippen LogP contribution in [0.3, 0.4) is 0 Å². The molecule has 246 valence electrons. The van der Waals surface area contributed by atoms with Crippen molar-refractivity contribution in [3.8, 4) is 22.3 Å². The van der Waals surface area contributed by atoms with Gasteiger partial charge in [-0.15, -0.1) is 11.3 Å². The molecule has 0 saturated heterocycles. The number of rotatable bonds is 6. The number of aryl methyl sites for hydroxylation is 1. The molecule has 1 atom stereocenters. The van der Waals surface area contributed by atoms with Gasteiger partial charge in [-0.1, -0.05) is 169 Å². The lowest BCUT2D eigenvalue weighted by Crippen LogP contribution is -2.28. The largest absolute Gasteiger partial charge is 0.308 e. The first-order chi connectivity index (χ1) is 25.7. The minimum atomic E-state index is -0.488. The molecule has 52 heavy (non-hydrogen) atoms. The van der Waals surface area contributed by atoms with E-state index in [-0.39, 0.29) is 0 Å². The second-order valence-corrected chi connectivity index (χ2v) is 14.8. The highest BCUT2D eigenvalue weighted by atomic mass is 32.1. The summed E-state index contributed by atoms with van der Waals surface area (Å²) in [4.78, 5) is 2.52. The molecule has 0 aliphatic heterocycles. The van der Waals surface area contributed by atoms with Crippen LogP contribution in [0.5, 0.6) is 0 Å². The predicted molar refractivity (Wildman–Crippen MR) is 221 cm³/mol. The van der Waals surface area contributed by atoms with Crippen LogP contribution in [0, 0.1) is 6.92 Å². The highest BCUT2D eigenvalue weighted by Crippen LogP contribution is 2.60. The number of fused-ring (bicyclic) bond motifs is 6. The van der Waals surface area contributed by atoms with E-state index in [1.165, 1.54) is 81.6 Å². The van der Waals surface area contributed by atoms with Crippen molar-refractivity contribution < 1.29 is 0 Å². The molecule has 10 rings (SSSR count). The molecular formula is C50H35NS. The third-order valence-electron chi connectivity index (χ3n) is 10.8. The first-order valence-electron chi connectivity index (χ1n) is 17.9. The quantitative estimate of drug-likeness (QED) is 0.169. The van der Waals surface area contributed by atoms with Crippen LogP contribution in [0.4, 0.5) is 17.1 Å². The van der Waals surface area contributed by atoms with Crippen LogP contribution in [-0.4, -0.2) is 0 Å². The summed E-state index contributed by atoms with van der Waals surface area (Å²) in [5, 5.41) is 2.59. The van der Waals surface area contributed by atoms with E-state index in [1.807, 2.05) is 11.3 Å². The zero-order valence-electron chi connectivity index (χ0n) is 28.8. The summed E-state index contributed by atoms with van der Waals surface area (Å²) in [5.74, 6) is 0. The molecule has 0 amide bonds. The Morgan fingerprint density at radius 1 is 0.462 bits per heavy atom. The first-order valence-corrected chi connectivity index (χ1v) is 18.8. The van der Waals surface area contributed by atoms with Crippen LogP contribution in [-0.2, 0) is 5.41 Å². The van der Waals surface area contributed by atoms with Crippen LogP contribution in [0.15, 0.2) is 194 Å². The topological polar surface area (TPSA) is 3.24 Å². The van der Waals surface area contributed by atoms with E-state index in [4.69, 9.17) is 0 Å². The fourth-order valence-corrected chi connectivity index (χ4v) is 9.75. The monoisotopic (exact) mass is 681 g/mol. The van der Waals surface area contributed by atoms with Gasteiger partial charge >= 0.3 is 0 Å². The van der Waals surface area contributed by atoms with Gasteiger partial charge in [-0.05, 0) is 76.2 Å². The lowest BCUT2D eigenvalue weighted by molar-refractivity contribution is 0.768. The minimum Gasteiger partial charge on any atom is -0.308 e. The van der Waals surface area contributed by atoms with Crippen molar-refractivity contribution in [1.82, 2.24) is 0 Å². The molecule has 0 saturated carbocycles. The third-order valence-corrected chi connectivity index (χ3v) is 12.0. The SMILES string of the molecule is Cc1ccc(C2(c3ccccc3)c3ccccc3-c3c(N(c4cccc(-c5ccccc5)c4)c4cccc5c4sc4ccccc45)cccc32)cc1. The summed E-state index contributed by atoms with van der Waals surface area (Å²) in [7, 11) is 0. The molecule has 2 heteroatoms. The summed E-state index contributed by atoms with van der Waals surface area (Å²) < 4.78 is 2.58. The number of anilines is 3. The first kappa shape index (κ1) is 30.6. The summed E-state index contributed by atoms with van der Waals surface area (Å²) in [6.07, 6.45) is 0. The zero-order chi connectivity index (χ0) is 34.6. The van der Waals surface area contributed by atoms with E-state index in [0.717, 1.165) is 5.69 Å². The molecule has 1 nitrogen and oxygen atoms in total. The van der Waals surface area contributed by atoms with Crippen molar-refractivity contribution >= 4 is 48.6 Å². The van der Waals surface area contributed by atoms with Crippen molar-refractivity contribution in [3.05, 3.63) is 222 Å². The van der Waals surface area contributed by atoms with Gasteiger partial charge in [0.1, 0.15) is 0 Å². The van der Waals surface area contributed by atoms with Crippen molar-refractivity contribution in [2.24, 2.45) is 0 Å². The van der Waals surface area contributed by atoms with E-state index >= 15 is 0 Å². The Labute approximate surface area is 308 Å². The fourth-order valence-electron chi connectivity index (χ4n) is 8.55. The number of benzene rings is 8. The molecule has 0 fully saturated rings. The highest BCUT2D eigenvalue weighted by molar-refractivity contribution is 7.26. The number of hydrogen-bond donors (Lipinski definition) is 0. The van der Waals surface area contributed by atoms with Gasteiger partial charge in [0.25, 0.3) is 0 Å². The van der Waals surface area contributed by atoms with Crippen LogP contribution in [0.2, 0.25) is 0 Å². The van der Waals surface area contributed by atoms with E-state index < -0.39 is 5.41 Å². The van der Waals surface area contributed by atoms with Gasteiger partial charge in [-0.25, -0.2) is 0 Å². The van der Waals surface area contributed by atoms with Gasteiger partial charge in [0.2, 0.25) is 0 Å². The van der Waals surface area contributed by atoms with Crippen molar-refractivity contribution in [2.75, 3.05) is 4.90 Å². The second-order valence-electron chi connectivity index (χ2n) is 13.7. The summed E-state index contributed by atoms with van der Waals surface area (Å²) in [6.45, 7) is 2.17. The molecule has 1 aliphatic rings. The Bertz CT molecular complexity index is 2740. The van der Waals surface area contributed by atoms with Gasteiger partial charge in [-0.2, -0.15) is 0 Å². The van der Waals surface area contributed by atoms with Crippen LogP contribution in [0.1, 0.15) is 27.8 Å². The average molecular weight is 682 g/mol. The highest BCUT2D eigenvalue weighted by Gasteiger charge is 2.47. The van der Waals surface area contributed by atoms with Gasteiger partial charge < -0.3 is 4.90 Å². The van der Waals surface area contributed by atoms with Crippen molar-refractivity contribution in [2.45, 2.75) is 12.3 Å². The summed E-state index contributed by atoms with van der Waals surface area (Å²) >= 11 is 1.88. The summed E-state index contributed by atoms with van der Waals surface area (Å²) in [6, 6.07) is 71.7. The Hall–Kier alpha value is -6.22. The molecule has 1 aliphatic carbocycles. The maximum atomic E-state index is 2.52. The Kier molecular flexibility index (Phi) is 7.19. The van der Waals surface area contributed by atoms with Crippen LogP contribution < -0.4 is 4.90 Å². The van der Waals surface area contributed by atoms with Crippen LogP contribution >= 0.6 is 11.3 Å². The van der Waals surface area contributed by atoms with Crippen molar-refractivity contribution in [3.63, 3.8) is 0 Å². The standard InChI is InChI=1S/C50H35NS/c1-34-29-31-38(32-30-34)50(37-18-6-3-7-19-37)43-24-10-8-22-42(43)48-44(50)25-14-26-45(48)51(39-20-12-17-36(33-39)35-15-4-2-5-16-35)46-27-13-23-41-40-21-9-11-28-47(40)52-49(41)46/h2-33H,1H3. The molecule has 8 aromatic carbocycles. The lowest BCUT2D eigenvalue weighted by Gasteiger charge is -2.34. The zero-order valence-corrected chi connectivity index (χ0v) is 29.6. The van der Waals surface area contributed by atoms with Gasteiger partial charge in [0.05, 0.1) is 21.5 Å². The normalized spacial score (nSPS) is 14.7. The van der Waals surface area contributed by atoms with Gasteiger partial charge in [0, 0.05) is 26.7 Å². The Balaban J connectivity index is 1.31. The van der Waals surface area contributed by atoms with Crippen LogP contribution in [0.25, 0.3) is 42.4 Å². The number of hydrogen-bond acceptors (Lipinski definition) is 2. The molecule has 1 heterocycles. The molecule has 9 aromatic rings. The molecular weight excluding hydrogens is 647 g/mol. The smallest absolute Gasteiger partial charge is 0.0714 e. The maximum Gasteiger partial charge on any atom is 0.0714 e. The Morgan fingerprint density at radius 2 is 1.08 bits per heavy atom. The maximum absolute atomic E-state index is 2.52. The third kappa shape index (κ3) is 4.61. The molecule has 0 N–H and O–H groups in total. The van der Waals surface area contributed by atoms with Crippen molar-refractivity contribution in [1.29, 1.82) is 0 Å². The number of thiophene rings is 1. The lowest BCUT2D eigenvalue weighted by atomic mass is 9.67. The second kappa shape index (κ2) is 12.2. The number of nitrogens with zero attached hydrogens (tertiary/aromatic N) is 1. The van der Waals surface area contributed by atoms with E-state index in [9.17, 15) is 0 Å². The predicted octanol–water partition coefficient (Wildman–Crippen LogP) is 13.9. The van der Waals surface area contributed by atoms with E-state index in [0.29, 0.717) is 0 Å². The molecule has 1 unspecified atom stereocenters. The molecule has 1 aromatic heterocycles. The molecule has 0 bridgehead atoms. The average Bonchev–Trinajstić information content (AvgIpc) is 3.74. The van der Waals surface area contributed by atoms with E-state index in [1.54, 1.807) is 0 Å². The molecule has 0 radical (unpaired) electrons. The van der Waals surface area contributed by atoms with Gasteiger partial charge in [0.15, 0.2) is 0 Å². The fraction of sp³-hybridized carbons (Fsp3) is 0.0400. The van der Waals surface area contributed by atoms with Gasteiger partial charge in [-0.3, -0.25) is 0 Å². The van der Waals surface area contributed by atoms with E-state index in [2.05, 4.69) is 206 Å². The Morgan fingerprint density at radius 3 is 1.92 bits per heavy atom. The minimum absolute atomic E-state index is 0.488. The summed E-state index contributed by atoms with van der Waals surface area (Å²) in [5.41, 5.74) is 14.3.